The van der Waals surface area contributed by atoms with Crippen molar-refractivity contribution in [3.05, 3.63) is 83.1 Å². The Labute approximate surface area is 181 Å². The number of nitrogens with one attached hydrogen (secondary N) is 1. The molecule has 2 rings (SSSR count). The second-order valence-corrected chi connectivity index (χ2v) is 7.26. The van der Waals surface area contributed by atoms with E-state index >= 15 is 0 Å². The number of hydrogen-bond donors (Lipinski definition) is 2. The molecular weight excluding hydrogens is 402 g/mol. The van der Waals surface area contributed by atoms with Crippen molar-refractivity contribution in [1.29, 1.82) is 5.41 Å². The van der Waals surface area contributed by atoms with Gasteiger partial charge in [-0.2, -0.15) is 0 Å². The third kappa shape index (κ3) is 6.04. The average molecular weight is 426 g/mol. The number of Topliss-reactive ketones (excluding diaryl/α,β-unsaturated/α-hetero) is 1. The number of benzene rings is 2. The molecular formula is C22H23N3O2S2. The zero-order valence-electron chi connectivity index (χ0n) is 16.3. The van der Waals surface area contributed by atoms with Crippen LogP contribution in [0.3, 0.4) is 0 Å². The largest absolute Gasteiger partial charge is 0.510 e. The molecule has 0 aliphatic heterocycles. The second kappa shape index (κ2) is 10.6. The van der Waals surface area contributed by atoms with E-state index in [0.717, 1.165) is 17.3 Å². The lowest BCUT2D eigenvalue weighted by Gasteiger charge is -2.22. The molecule has 0 amide bonds. The summed E-state index contributed by atoms with van der Waals surface area (Å²) in [5.74, 6) is -0.595. The molecule has 0 aromatic heterocycles. The summed E-state index contributed by atoms with van der Waals surface area (Å²) >= 11 is 10.9. The third-order valence-corrected chi connectivity index (χ3v) is 5.35. The summed E-state index contributed by atoms with van der Waals surface area (Å²) in [5.41, 5.74) is 1.61. The minimum atomic E-state index is -0.391. The Bertz CT molecular complexity index is 928. The van der Waals surface area contributed by atoms with Gasteiger partial charge in [-0.15, -0.1) is 0 Å². The van der Waals surface area contributed by atoms with Gasteiger partial charge in [-0.05, 0) is 0 Å². The third-order valence-electron chi connectivity index (χ3n) is 4.26. The van der Waals surface area contributed by atoms with Crippen LogP contribution >= 0.6 is 24.4 Å². The van der Waals surface area contributed by atoms with Crippen molar-refractivity contribution >= 4 is 46.4 Å². The monoisotopic (exact) mass is 425 g/mol. The quantitative estimate of drug-likeness (QED) is 0.291. The van der Waals surface area contributed by atoms with Gasteiger partial charge >= 0.3 is 0 Å². The molecule has 2 aromatic carbocycles. The minimum absolute atomic E-state index is 0.0248. The van der Waals surface area contributed by atoms with Gasteiger partial charge in [0.25, 0.3) is 0 Å². The fourth-order valence-corrected chi connectivity index (χ4v) is 3.08. The number of ketones is 1. The molecule has 0 bridgehead atoms. The summed E-state index contributed by atoms with van der Waals surface area (Å²) in [6.07, 6.45) is 0.872. The van der Waals surface area contributed by atoms with Gasteiger partial charge in [-0.25, -0.2) is 0 Å². The lowest BCUT2D eigenvalue weighted by Crippen LogP contribution is -2.34. The summed E-state index contributed by atoms with van der Waals surface area (Å²) in [7, 11) is 3.44. The molecule has 0 spiro atoms. The van der Waals surface area contributed by atoms with Gasteiger partial charge in [0.2, 0.25) is 0 Å². The zero-order chi connectivity index (χ0) is 21.4. The van der Waals surface area contributed by atoms with Crippen LogP contribution in [0.15, 0.2) is 72.0 Å². The van der Waals surface area contributed by atoms with E-state index in [9.17, 15) is 9.90 Å². The molecule has 0 atom stereocenters. The normalized spacial score (nSPS) is 11.2. The highest BCUT2D eigenvalue weighted by Gasteiger charge is 2.19. The number of thiocarbonyl (C=S) groups is 2. The predicted molar refractivity (Wildman–Crippen MR) is 125 cm³/mol. The topological polar surface area (TPSA) is 67.6 Å². The Morgan fingerprint density at radius 2 is 1.31 bits per heavy atom. The second-order valence-electron chi connectivity index (χ2n) is 6.48. The number of carbonyl (C=O) groups excluding carboxylic acids is 1. The van der Waals surface area contributed by atoms with E-state index < -0.39 is 5.78 Å². The van der Waals surface area contributed by atoms with Crippen LogP contribution in [0.1, 0.15) is 11.1 Å². The molecule has 5 nitrogen and oxygen atoms in total. The molecule has 0 aliphatic rings. The van der Waals surface area contributed by atoms with E-state index in [1.807, 2.05) is 60.7 Å². The molecule has 7 heteroatoms. The molecule has 0 aliphatic carbocycles. The van der Waals surface area contributed by atoms with Crippen LogP contribution in [-0.4, -0.2) is 64.1 Å². The van der Waals surface area contributed by atoms with Gasteiger partial charge < -0.3 is 20.3 Å². The van der Waals surface area contributed by atoms with Crippen LogP contribution in [0, 0.1) is 5.41 Å². The van der Waals surface area contributed by atoms with E-state index in [4.69, 9.17) is 29.8 Å². The van der Waals surface area contributed by atoms with Crippen molar-refractivity contribution < 1.29 is 9.90 Å². The molecule has 2 aromatic rings. The number of carbonyl (C=O) groups is 1. The van der Waals surface area contributed by atoms with Crippen LogP contribution in [0.25, 0.3) is 0 Å². The number of rotatable bonds is 8. The molecule has 0 unspecified atom stereocenters. The highest BCUT2D eigenvalue weighted by atomic mass is 32.1. The highest BCUT2D eigenvalue weighted by Crippen LogP contribution is 2.10. The van der Waals surface area contributed by atoms with Crippen molar-refractivity contribution in [2.45, 2.75) is 0 Å². The first-order valence-electron chi connectivity index (χ1n) is 8.92. The first kappa shape index (κ1) is 22.4. The van der Waals surface area contributed by atoms with E-state index in [0.29, 0.717) is 9.98 Å². The molecule has 2 N–H and O–H groups in total. The fourth-order valence-electron chi connectivity index (χ4n) is 2.68. The van der Waals surface area contributed by atoms with E-state index in [2.05, 4.69) is 0 Å². The van der Waals surface area contributed by atoms with Gasteiger partial charge in [0.05, 0.1) is 18.7 Å². The van der Waals surface area contributed by atoms with Crippen molar-refractivity contribution in [2.75, 3.05) is 27.2 Å². The van der Waals surface area contributed by atoms with Crippen molar-refractivity contribution in [1.82, 2.24) is 9.80 Å². The minimum Gasteiger partial charge on any atom is -0.510 e. The van der Waals surface area contributed by atoms with Gasteiger partial charge in [-0.1, -0.05) is 85.1 Å². The first-order chi connectivity index (χ1) is 13.8. The molecule has 0 saturated carbocycles. The standard InChI is InChI=1S/C22H23N3O2S2/c1-24(21(28)16-9-5-3-6-10-16)14-19(26)18(13-23)20(27)15-25(2)22(29)17-11-7-4-8-12-17/h3-13,23,26H,14-15H2,1-2H3. The lowest BCUT2D eigenvalue weighted by atomic mass is 10.1. The van der Waals surface area contributed by atoms with E-state index in [1.165, 1.54) is 0 Å². The fraction of sp³-hybridized carbons (Fsp3) is 0.182. The summed E-state index contributed by atoms with van der Waals surface area (Å²) < 4.78 is 0. The van der Waals surface area contributed by atoms with Gasteiger partial charge in [0.15, 0.2) is 5.78 Å². The number of aliphatic hydroxyl groups is 1. The summed E-state index contributed by atoms with van der Waals surface area (Å²) in [4.78, 5) is 17.0. The average Bonchev–Trinajstić information content (AvgIpc) is 2.74. The number of nitrogens with zero attached hydrogens (tertiary/aromatic N) is 2. The molecule has 0 heterocycles. The number of aliphatic hydroxyl groups excluding tert-OH is 1. The van der Waals surface area contributed by atoms with Gasteiger partial charge in [0.1, 0.15) is 15.7 Å². The Morgan fingerprint density at radius 3 is 1.72 bits per heavy atom. The number of likely N-dealkylation sites (N-methyl/N-ethyl adjacent to an activating group) is 2. The smallest absolute Gasteiger partial charge is 0.187 e. The summed E-state index contributed by atoms with van der Waals surface area (Å²) in [6, 6.07) is 18.8. The van der Waals surface area contributed by atoms with Crippen LogP contribution < -0.4 is 0 Å². The molecule has 29 heavy (non-hydrogen) atoms. The van der Waals surface area contributed by atoms with Crippen molar-refractivity contribution in [3.8, 4) is 0 Å². The maximum absolute atomic E-state index is 12.7. The SMILES string of the molecule is CN(CC(=O)C(C=N)=C(O)CN(C)C(=S)c1ccccc1)C(=S)c1ccccc1. The maximum Gasteiger partial charge on any atom is 0.187 e. The molecule has 0 fully saturated rings. The van der Waals surface area contributed by atoms with Crippen LogP contribution in [0.2, 0.25) is 0 Å². The van der Waals surface area contributed by atoms with E-state index in [1.54, 1.807) is 23.9 Å². The van der Waals surface area contributed by atoms with Gasteiger partial charge in [0, 0.05) is 31.4 Å². The van der Waals surface area contributed by atoms with Crippen LogP contribution in [-0.2, 0) is 4.79 Å². The lowest BCUT2D eigenvalue weighted by molar-refractivity contribution is -0.115. The summed E-state index contributed by atoms with van der Waals surface area (Å²) in [6.45, 7) is -0.0215. The maximum atomic E-state index is 12.7. The predicted octanol–water partition coefficient (Wildman–Crippen LogP) is 3.63. The highest BCUT2D eigenvalue weighted by molar-refractivity contribution is 7.80. The Morgan fingerprint density at radius 1 is 0.897 bits per heavy atom. The molecule has 150 valence electrons. The zero-order valence-corrected chi connectivity index (χ0v) is 18.0. The first-order valence-corrected chi connectivity index (χ1v) is 9.73. The van der Waals surface area contributed by atoms with Crippen LogP contribution in [0.4, 0.5) is 0 Å². The summed E-state index contributed by atoms with van der Waals surface area (Å²) in [5, 5.41) is 18.1. The van der Waals surface area contributed by atoms with E-state index in [-0.39, 0.29) is 24.4 Å². The Balaban J connectivity index is 2.08. The van der Waals surface area contributed by atoms with Crippen LogP contribution in [0.5, 0.6) is 0 Å². The molecule has 0 radical (unpaired) electrons. The number of hydrogen-bond acceptors (Lipinski definition) is 5. The van der Waals surface area contributed by atoms with Crippen molar-refractivity contribution in [3.63, 3.8) is 0 Å². The molecule has 0 saturated heterocycles. The van der Waals surface area contributed by atoms with Gasteiger partial charge in [-0.3, -0.25) is 4.79 Å². The Hall–Kier alpha value is -2.90. The Kier molecular flexibility index (Phi) is 8.18. The van der Waals surface area contributed by atoms with Crippen molar-refractivity contribution in [2.24, 2.45) is 0 Å².